The summed E-state index contributed by atoms with van der Waals surface area (Å²) in [7, 11) is 0. The van der Waals surface area contributed by atoms with Gasteiger partial charge in [0, 0.05) is 12.5 Å². The van der Waals surface area contributed by atoms with E-state index < -0.39 is 11.4 Å². The minimum Gasteiger partial charge on any atom is -0.481 e. The first-order valence-corrected chi connectivity index (χ1v) is 17.9. The molecule has 8 aliphatic rings. The van der Waals surface area contributed by atoms with E-state index in [2.05, 4.69) is 46.4 Å². The molecule has 3 saturated heterocycles. The van der Waals surface area contributed by atoms with E-state index in [1.807, 2.05) is 13.0 Å². The van der Waals surface area contributed by atoms with Crippen LogP contribution < -0.4 is 0 Å². The van der Waals surface area contributed by atoms with Crippen LogP contribution in [0.2, 0.25) is 0 Å². The lowest BCUT2D eigenvalue weighted by Crippen LogP contribution is -2.66. The first-order chi connectivity index (χ1) is 20.5. The molecule has 244 valence electrons. The van der Waals surface area contributed by atoms with Crippen LogP contribution in [-0.2, 0) is 19.1 Å². The number of rotatable bonds is 3. The Morgan fingerprint density at radius 2 is 1.57 bits per heavy atom. The Morgan fingerprint density at radius 1 is 0.886 bits per heavy atom. The molecule has 7 fully saturated rings. The lowest BCUT2D eigenvalue weighted by atomic mass is 9.33. The second kappa shape index (κ2) is 9.67. The standard InChI is InChI=1S/C38H57NO5/c1-33(2)24(31(41)44-28-22-39-18-10-23(28)11-19-39)8-12-36(5)29(33)9-13-38(7)30(36)27(40)20-25-26-21-35(4,32(42)43)15-14-34(26,3)16-17-37(25,38)6/h20,23-24,26,28-30H,8-19,21-22H2,1-7H3,(H,42,43)/t24-,26+,28?,29+,30-,34-,35+,36+,37-,38-/m1/s1. The van der Waals surface area contributed by atoms with Gasteiger partial charge in [-0.1, -0.05) is 47.1 Å². The van der Waals surface area contributed by atoms with Crippen molar-refractivity contribution in [1.29, 1.82) is 0 Å². The number of allylic oxidation sites excluding steroid dienone is 2. The van der Waals surface area contributed by atoms with E-state index in [0.717, 1.165) is 77.4 Å². The molecule has 5 aliphatic carbocycles. The van der Waals surface area contributed by atoms with Gasteiger partial charge in [-0.3, -0.25) is 19.3 Å². The van der Waals surface area contributed by atoms with Gasteiger partial charge in [-0.2, -0.15) is 0 Å². The smallest absolute Gasteiger partial charge is 0.309 e. The summed E-state index contributed by atoms with van der Waals surface area (Å²) < 4.78 is 6.34. The largest absolute Gasteiger partial charge is 0.481 e. The number of carbonyl (C=O) groups excluding carboxylic acids is 2. The molecular weight excluding hydrogens is 550 g/mol. The zero-order valence-corrected chi connectivity index (χ0v) is 28.5. The van der Waals surface area contributed by atoms with Gasteiger partial charge in [0.15, 0.2) is 5.78 Å². The van der Waals surface area contributed by atoms with Gasteiger partial charge in [0.25, 0.3) is 0 Å². The fourth-order valence-electron chi connectivity index (χ4n) is 13.1. The molecule has 10 atom stereocenters. The van der Waals surface area contributed by atoms with Crippen LogP contribution >= 0.6 is 0 Å². The molecule has 0 radical (unpaired) electrons. The van der Waals surface area contributed by atoms with Crippen molar-refractivity contribution in [3.63, 3.8) is 0 Å². The van der Waals surface area contributed by atoms with Crippen molar-refractivity contribution in [2.24, 2.45) is 62.1 Å². The summed E-state index contributed by atoms with van der Waals surface area (Å²) in [6, 6.07) is 0. The normalized spacial score (nSPS) is 52.5. The van der Waals surface area contributed by atoms with Gasteiger partial charge in [0.05, 0.1) is 11.3 Å². The average molecular weight is 608 g/mol. The molecule has 1 unspecified atom stereocenters. The molecule has 44 heavy (non-hydrogen) atoms. The monoisotopic (exact) mass is 607 g/mol. The lowest BCUT2D eigenvalue weighted by Gasteiger charge is -2.70. The number of esters is 1. The van der Waals surface area contributed by atoms with Gasteiger partial charge in [0.1, 0.15) is 6.10 Å². The zero-order valence-electron chi connectivity index (χ0n) is 28.5. The number of fused-ring (bicyclic) bond motifs is 10. The Bertz CT molecular complexity index is 1300. The number of carboxylic acids is 1. The van der Waals surface area contributed by atoms with Crippen LogP contribution in [0, 0.1) is 62.1 Å². The summed E-state index contributed by atoms with van der Waals surface area (Å²) in [6.45, 7) is 19.2. The molecule has 0 amide bonds. The van der Waals surface area contributed by atoms with E-state index >= 15 is 0 Å². The van der Waals surface area contributed by atoms with Gasteiger partial charge < -0.3 is 9.84 Å². The third kappa shape index (κ3) is 4.03. The number of piperidine rings is 3. The Balaban J connectivity index is 1.19. The van der Waals surface area contributed by atoms with Crippen LogP contribution in [0.15, 0.2) is 11.6 Å². The maximum Gasteiger partial charge on any atom is 0.309 e. The van der Waals surface area contributed by atoms with E-state index in [-0.39, 0.29) is 68.6 Å². The molecule has 3 aliphatic heterocycles. The Morgan fingerprint density at radius 3 is 2.20 bits per heavy atom. The maximum absolute atomic E-state index is 14.6. The van der Waals surface area contributed by atoms with E-state index in [4.69, 9.17) is 4.74 Å². The number of carboxylic acid groups (broad SMARTS) is 1. The molecule has 3 heterocycles. The van der Waals surface area contributed by atoms with Crippen LogP contribution in [-0.4, -0.2) is 53.5 Å². The van der Waals surface area contributed by atoms with E-state index in [0.29, 0.717) is 18.8 Å². The molecule has 8 rings (SSSR count). The van der Waals surface area contributed by atoms with Gasteiger partial charge in [0.2, 0.25) is 0 Å². The van der Waals surface area contributed by atoms with Gasteiger partial charge >= 0.3 is 11.9 Å². The third-order valence-electron chi connectivity index (χ3n) is 16.3. The molecule has 6 nitrogen and oxygen atoms in total. The van der Waals surface area contributed by atoms with E-state index in [1.165, 1.54) is 5.57 Å². The number of nitrogens with zero attached hydrogens (tertiary/aromatic N) is 1. The van der Waals surface area contributed by atoms with Crippen molar-refractivity contribution >= 4 is 17.7 Å². The first kappa shape index (κ1) is 30.9. The van der Waals surface area contributed by atoms with Crippen LogP contribution in [0.3, 0.4) is 0 Å². The highest BCUT2D eigenvalue weighted by Crippen LogP contribution is 2.75. The molecule has 0 aromatic carbocycles. The van der Waals surface area contributed by atoms with Crippen LogP contribution in [0.5, 0.6) is 0 Å². The zero-order chi connectivity index (χ0) is 31.7. The van der Waals surface area contributed by atoms with Crippen LogP contribution in [0.4, 0.5) is 0 Å². The van der Waals surface area contributed by atoms with Crippen molar-refractivity contribution in [3.05, 3.63) is 11.6 Å². The number of aliphatic carboxylic acids is 1. The number of hydrogen-bond acceptors (Lipinski definition) is 5. The summed E-state index contributed by atoms with van der Waals surface area (Å²) in [5, 5.41) is 10.2. The Hall–Kier alpha value is -1.69. The van der Waals surface area contributed by atoms with Crippen LogP contribution in [0.1, 0.15) is 119 Å². The Labute approximate surface area is 265 Å². The SMILES string of the molecule is CC1(C)[C@@H](C(=O)OC2CN3CCC2CC3)CC[C@]2(C)[C@H]3C(=O)C=C4[C@@H]5C[C@@](C)(C(=O)O)CC[C@]5(C)CC[C@@]4(C)[C@]3(C)CC[C@@H]12. The fraction of sp³-hybridized carbons (Fsp3) is 0.868. The quantitative estimate of drug-likeness (QED) is 0.339. The maximum atomic E-state index is 14.6. The van der Waals surface area contributed by atoms with Gasteiger partial charge in [-0.05, 0) is 142 Å². The number of ether oxygens (including phenoxy) is 1. The van der Waals surface area contributed by atoms with Crippen molar-refractivity contribution < 1.29 is 24.2 Å². The second-order valence-corrected chi connectivity index (χ2v) is 18.6. The fourth-order valence-corrected chi connectivity index (χ4v) is 13.1. The van der Waals surface area contributed by atoms with E-state index in [1.54, 1.807) is 0 Å². The van der Waals surface area contributed by atoms with Crippen molar-refractivity contribution in [2.75, 3.05) is 19.6 Å². The first-order valence-electron chi connectivity index (χ1n) is 17.9. The summed E-state index contributed by atoms with van der Waals surface area (Å²) in [5.74, 6) is 0.266. The van der Waals surface area contributed by atoms with Crippen LogP contribution in [0.25, 0.3) is 0 Å². The topological polar surface area (TPSA) is 83.9 Å². The predicted octanol–water partition coefficient (Wildman–Crippen LogP) is 7.31. The molecule has 0 aromatic heterocycles. The molecule has 0 aromatic rings. The predicted molar refractivity (Wildman–Crippen MR) is 170 cm³/mol. The van der Waals surface area contributed by atoms with Crippen molar-refractivity contribution in [1.82, 2.24) is 4.90 Å². The minimum absolute atomic E-state index is 0.00130. The second-order valence-electron chi connectivity index (χ2n) is 18.6. The highest BCUT2D eigenvalue weighted by molar-refractivity contribution is 5.95. The molecule has 1 N–H and O–H groups in total. The summed E-state index contributed by atoms with van der Waals surface area (Å²) >= 11 is 0. The third-order valence-corrected chi connectivity index (χ3v) is 16.3. The molecule has 4 saturated carbocycles. The van der Waals surface area contributed by atoms with Gasteiger partial charge in [-0.25, -0.2) is 0 Å². The number of hydrogen-bond donors (Lipinski definition) is 1. The summed E-state index contributed by atoms with van der Waals surface area (Å²) in [5.41, 5.74) is -0.166. The molecular formula is C38H57NO5. The number of carbonyl (C=O) groups is 3. The summed E-state index contributed by atoms with van der Waals surface area (Å²) in [4.78, 5) is 43.4. The lowest BCUT2D eigenvalue weighted by molar-refractivity contribution is -0.203. The molecule has 2 bridgehead atoms. The summed E-state index contributed by atoms with van der Waals surface area (Å²) in [6.07, 6.45) is 12.4. The minimum atomic E-state index is -0.737. The van der Waals surface area contributed by atoms with E-state index in [9.17, 15) is 19.5 Å². The average Bonchev–Trinajstić information content (AvgIpc) is 2.95. The molecule has 0 spiro atoms. The molecule has 6 heteroatoms. The highest BCUT2D eigenvalue weighted by atomic mass is 16.5. The highest BCUT2D eigenvalue weighted by Gasteiger charge is 2.70. The number of ketones is 1. The van der Waals surface area contributed by atoms with Crippen molar-refractivity contribution in [2.45, 2.75) is 125 Å². The Kier molecular flexibility index (Phi) is 6.80. The van der Waals surface area contributed by atoms with Gasteiger partial charge in [-0.15, -0.1) is 0 Å². The van der Waals surface area contributed by atoms with Crippen molar-refractivity contribution in [3.8, 4) is 0 Å².